The molecule has 2 aromatic carbocycles. The van der Waals surface area contributed by atoms with Crippen molar-refractivity contribution in [3.8, 4) is 5.75 Å². The summed E-state index contributed by atoms with van der Waals surface area (Å²) in [7, 11) is -3.67. The van der Waals surface area contributed by atoms with E-state index in [1.54, 1.807) is 12.1 Å². The predicted molar refractivity (Wildman–Crippen MR) is 83.3 cm³/mol. The van der Waals surface area contributed by atoms with E-state index in [0.29, 0.717) is 0 Å². The standard InChI is InChI=1S/C16H16F3NO3S/c1-12-5-7-15(8-6-12)24(21,22)20-9-10-23-14-4-2-3-13(11-14)16(17,18)19/h2-8,11,20H,9-10H2,1H3. The quantitative estimate of drug-likeness (QED) is 0.805. The number of alkyl halides is 3. The average Bonchev–Trinajstić information content (AvgIpc) is 2.51. The van der Waals surface area contributed by atoms with E-state index < -0.39 is 21.8 Å². The van der Waals surface area contributed by atoms with Crippen LogP contribution in [0.25, 0.3) is 0 Å². The maximum absolute atomic E-state index is 12.6. The monoisotopic (exact) mass is 359 g/mol. The molecule has 2 rings (SSSR count). The van der Waals surface area contributed by atoms with Crippen molar-refractivity contribution in [3.05, 3.63) is 59.7 Å². The van der Waals surface area contributed by atoms with Gasteiger partial charge in [-0.05, 0) is 37.3 Å². The fraction of sp³-hybridized carbons (Fsp3) is 0.250. The van der Waals surface area contributed by atoms with Gasteiger partial charge in [0, 0.05) is 6.54 Å². The van der Waals surface area contributed by atoms with Crippen molar-refractivity contribution in [2.75, 3.05) is 13.2 Å². The topological polar surface area (TPSA) is 55.4 Å². The van der Waals surface area contributed by atoms with Crippen molar-refractivity contribution in [2.24, 2.45) is 0 Å². The van der Waals surface area contributed by atoms with Crippen LogP contribution in [-0.2, 0) is 16.2 Å². The average molecular weight is 359 g/mol. The summed E-state index contributed by atoms with van der Waals surface area (Å²) in [6.45, 7) is 1.69. The Morgan fingerprint density at radius 2 is 1.75 bits per heavy atom. The summed E-state index contributed by atoms with van der Waals surface area (Å²) in [6, 6.07) is 10.7. The molecule has 0 fully saturated rings. The molecule has 0 aromatic heterocycles. The first kappa shape index (κ1) is 18.3. The molecule has 130 valence electrons. The largest absolute Gasteiger partial charge is 0.492 e. The van der Waals surface area contributed by atoms with Gasteiger partial charge in [-0.2, -0.15) is 13.2 Å². The number of rotatable bonds is 6. The van der Waals surface area contributed by atoms with Crippen LogP contribution in [0.15, 0.2) is 53.4 Å². The van der Waals surface area contributed by atoms with E-state index >= 15 is 0 Å². The van der Waals surface area contributed by atoms with Gasteiger partial charge in [0.25, 0.3) is 0 Å². The Morgan fingerprint density at radius 1 is 1.08 bits per heavy atom. The third-order valence-electron chi connectivity index (χ3n) is 3.16. The second-order valence-corrected chi connectivity index (χ2v) is 6.85. The molecule has 1 N–H and O–H groups in total. The van der Waals surface area contributed by atoms with Gasteiger partial charge in [-0.3, -0.25) is 0 Å². The maximum atomic E-state index is 12.6. The van der Waals surface area contributed by atoms with Gasteiger partial charge in [0.15, 0.2) is 0 Å². The van der Waals surface area contributed by atoms with E-state index in [4.69, 9.17) is 4.74 Å². The first-order chi connectivity index (χ1) is 11.2. The Hall–Kier alpha value is -2.06. The summed E-state index contributed by atoms with van der Waals surface area (Å²) in [5.74, 6) is 0.0272. The SMILES string of the molecule is Cc1ccc(S(=O)(=O)NCCOc2cccc(C(F)(F)F)c2)cc1. The minimum Gasteiger partial charge on any atom is -0.492 e. The van der Waals surface area contributed by atoms with Gasteiger partial charge in [-0.1, -0.05) is 23.8 Å². The van der Waals surface area contributed by atoms with Crippen LogP contribution in [0.1, 0.15) is 11.1 Å². The summed E-state index contributed by atoms with van der Waals surface area (Å²) < 4.78 is 69.3. The molecular weight excluding hydrogens is 343 g/mol. The van der Waals surface area contributed by atoms with E-state index in [1.165, 1.54) is 24.3 Å². The van der Waals surface area contributed by atoms with Crippen LogP contribution in [0.4, 0.5) is 13.2 Å². The Bertz CT molecular complexity index is 787. The second kappa shape index (κ2) is 7.23. The van der Waals surface area contributed by atoms with Crippen molar-refractivity contribution in [2.45, 2.75) is 18.0 Å². The molecule has 0 bridgehead atoms. The van der Waals surface area contributed by atoms with Crippen LogP contribution in [-0.4, -0.2) is 21.6 Å². The number of ether oxygens (including phenoxy) is 1. The van der Waals surface area contributed by atoms with Crippen molar-refractivity contribution in [3.63, 3.8) is 0 Å². The van der Waals surface area contributed by atoms with Gasteiger partial charge < -0.3 is 4.74 Å². The Kier molecular flexibility index (Phi) is 5.51. The molecule has 2 aromatic rings. The van der Waals surface area contributed by atoms with Crippen LogP contribution in [0, 0.1) is 6.92 Å². The lowest BCUT2D eigenvalue weighted by atomic mass is 10.2. The van der Waals surface area contributed by atoms with E-state index in [2.05, 4.69) is 4.72 Å². The molecule has 0 saturated heterocycles. The van der Waals surface area contributed by atoms with Crippen LogP contribution in [0.3, 0.4) is 0 Å². The molecule has 0 aliphatic rings. The van der Waals surface area contributed by atoms with E-state index in [-0.39, 0.29) is 23.8 Å². The van der Waals surface area contributed by atoms with Crippen LogP contribution < -0.4 is 9.46 Å². The Morgan fingerprint density at radius 3 is 2.38 bits per heavy atom. The summed E-state index contributed by atoms with van der Waals surface area (Å²) in [5, 5.41) is 0. The van der Waals surface area contributed by atoms with Gasteiger partial charge in [0.2, 0.25) is 10.0 Å². The third kappa shape index (κ3) is 4.97. The number of halogens is 3. The fourth-order valence-corrected chi connectivity index (χ4v) is 2.92. The summed E-state index contributed by atoms with van der Waals surface area (Å²) in [6.07, 6.45) is -4.45. The third-order valence-corrected chi connectivity index (χ3v) is 4.63. The molecule has 0 unspecified atom stereocenters. The lowest BCUT2D eigenvalue weighted by molar-refractivity contribution is -0.137. The fourth-order valence-electron chi connectivity index (χ4n) is 1.91. The second-order valence-electron chi connectivity index (χ2n) is 5.08. The summed E-state index contributed by atoms with van der Waals surface area (Å²) in [5.41, 5.74) is 0.113. The smallest absolute Gasteiger partial charge is 0.416 e. The highest BCUT2D eigenvalue weighted by Crippen LogP contribution is 2.31. The molecule has 24 heavy (non-hydrogen) atoms. The van der Waals surface area contributed by atoms with Gasteiger partial charge in [0.1, 0.15) is 12.4 Å². The molecule has 0 heterocycles. The maximum Gasteiger partial charge on any atom is 0.416 e. The summed E-state index contributed by atoms with van der Waals surface area (Å²) >= 11 is 0. The van der Waals surface area contributed by atoms with Crippen molar-refractivity contribution >= 4 is 10.0 Å². The number of hydrogen-bond acceptors (Lipinski definition) is 3. The highest BCUT2D eigenvalue weighted by atomic mass is 32.2. The molecule has 8 heteroatoms. The van der Waals surface area contributed by atoms with E-state index in [9.17, 15) is 21.6 Å². The van der Waals surface area contributed by atoms with E-state index in [0.717, 1.165) is 17.7 Å². The van der Waals surface area contributed by atoms with E-state index in [1.807, 2.05) is 6.92 Å². The number of hydrogen-bond donors (Lipinski definition) is 1. The zero-order chi connectivity index (χ0) is 17.8. The molecule has 4 nitrogen and oxygen atoms in total. The number of aryl methyl sites for hydroxylation is 1. The normalized spacial score (nSPS) is 12.2. The molecular formula is C16H16F3NO3S. The summed E-state index contributed by atoms with van der Waals surface area (Å²) in [4.78, 5) is 0.118. The van der Waals surface area contributed by atoms with Crippen molar-refractivity contribution in [1.29, 1.82) is 0 Å². The van der Waals surface area contributed by atoms with Gasteiger partial charge in [-0.25, -0.2) is 13.1 Å². The number of nitrogens with one attached hydrogen (secondary N) is 1. The molecule has 0 aliphatic carbocycles. The minimum absolute atomic E-state index is 0.0272. The Balaban J connectivity index is 1.90. The van der Waals surface area contributed by atoms with Crippen LogP contribution in [0.5, 0.6) is 5.75 Å². The molecule has 0 radical (unpaired) electrons. The molecule has 0 atom stereocenters. The van der Waals surface area contributed by atoms with Gasteiger partial charge >= 0.3 is 6.18 Å². The predicted octanol–water partition coefficient (Wildman–Crippen LogP) is 3.37. The van der Waals surface area contributed by atoms with Crippen molar-refractivity contribution < 1.29 is 26.3 Å². The zero-order valence-corrected chi connectivity index (χ0v) is 13.6. The first-order valence-electron chi connectivity index (χ1n) is 7.05. The van der Waals surface area contributed by atoms with Crippen LogP contribution in [0.2, 0.25) is 0 Å². The number of benzene rings is 2. The molecule has 0 aliphatic heterocycles. The van der Waals surface area contributed by atoms with Gasteiger partial charge in [-0.15, -0.1) is 0 Å². The Labute approximate surface area is 138 Å². The van der Waals surface area contributed by atoms with Gasteiger partial charge in [0.05, 0.1) is 10.5 Å². The number of sulfonamides is 1. The van der Waals surface area contributed by atoms with Crippen LogP contribution >= 0.6 is 0 Å². The van der Waals surface area contributed by atoms with Crippen molar-refractivity contribution in [1.82, 2.24) is 4.72 Å². The molecule has 0 saturated carbocycles. The zero-order valence-electron chi connectivity index (χ0n) is 12.8. The minimum atomic E-state index is -4.45. The lowest BCUT2D eigenvalue weighted by Crippen LogP contribution is -2.28. The first-order valence-corrected chi connectivity index (χ1v) is 8.53. The molecule has 0 amide bonds. The highest BCUT2D eigenvalue weighted by Gasteiger charge is 2.30. The molecule has 0 spiro atoms. The lowest BCUT2D eigenvalue weighted by Gasteiger charge is -2.11. The highest BCUT2D eigenvalue weighted by molar-refractivity contribution is 7.89.